The second kappa shape index (κ2) is 7.13. The molecule has 0 aliphatic carbocycles. The first-order valence-electron chi connectivity index (χ1n) is 6.08. The Bertz CT molecular complexity index is 452. The van der Waals surface area contributed by atoms with E-state index < -0.39 is 29.0 Å². The fourth-order valence-electron chi connectivity index (χ4n) is 1.67. The van der Waals surface area contributed by atoms with E-state index in [4.69, 9.17) is 5.73 Å². The van der Waals surface area contributed by atoms with Crippen LogP contribution in [0.4, 0.5) is 18.9 Å². The summed E-state index contributed by atoms with van der Waals surface area (Å²) in [5.74, 6) is -3.74. The second-order valence-electron chi connectivity index (χ2n) is 4.52. The van der Waals surface area contributed by atoms with Crippen molar-refractivity contribution < 1.29 is 18.0 Å². The lowest BCUT2D eigenvalue weighted by Gasteiger charge is -2.10. The number of nitrogens with one attached hydrogen (secondary N) is 1. The van der Waals surface area contributed by atoms with E-state index in [0.29, 0.717) is 19.0 Å². The van der Waals surface area contributed by atoms with Crippen molar-refractivity contribution in [2.24, 2.45) is 11.7 Å². The van der Waals surface area contributed by atoms with Crippen LogP contribution < -0.4 is 11.1 Å². The Hall–Kier alpha value is -1.56. The molecule has 1 amide bonds. The average Bonchev–Trinajstić information content (AvgIpc) is 2.33. The first-order valence-corrected chi connectivity index (χ1v) is 6.08. The first-order chi connectivity index (χ1) is 8.93. The third-order valence-electron chi connectivity index (χ3n) is 2.79. The molecule has 0 radical (unpaired) electrons. The van der Waals surface area contributed by atoms with E-state index in [1.54, 1.807) is 0 Å². The fraction of sp³-hybridized carbons (Fsp3) is 0.462. The molecule has 0 saturated heterocycles. The molecular weight excluding hydrogens is 257 g/mol. The number of amides is 1. The van der Waals surface area contributed by atoms with Gasteiger partial charge in [0, 0.05) is 18.6 Å². The SMILES string of the molecule is CC(CCN)CCC(=O)Nc1cc(F)cc(F)c1F. The molecule has 0 heterocycles. The highest BCUT2D eigenvalue weighted by molar-refractivity contribution is 5.90. The molecule has 0 bridgehead atoms. The summed E-state index contributed by atoms with van der Waals surface area (Å²) >= 11 is 0. The fourth-order valence-corrected chi connectivity index (χ4v) is 1.67. The monoisotopic (exact) mass is 274 g/mol. The molecule has 0 aliphatic rings. The van der Waals surface area contributed by atoms with Gasteiger partial charge in [-0.2, -0.15) is 0 Å². The zero-order valence-corrected chi connectivity index (χ0v) is 10.7. The molecule has 1 unspecified atom stereocenters. The summed E-state index contributed by atoms with van der Waals surface area (Å²) in [5, 5.41) is 2.16. The molecule has 1 aromatic rings. The largest absolute Gasteiger partial charge is 0.330 e. The Morgan fingerprint density at radius 2 is 2.00 bits per heavy atom. The van der Waals surface area contributed by atoms with Crippen molar-refractivity contribution in [1.82, 2.24) is 0 Å². The van der Waals surface area contributed by atoms with Crippen LogP contribution in [0.2, 0.25) is 0 Å². The molecule has 6 heteroatoms. The van der Waals surface area contributed by atoms with Gasteiger partial charge in [-0.25, -0.2) is 13.2 Å². The lowest BCUT2D eigenvalue weighted by molar-refractivity contribution is -0.116. The molecule has 3 N–H and O–H groups in total. The van der Waals surface area contributed by atoms with Crippen LogP contribution in [0.5, 0.6) is 0 Å². The molecular formula is C13H17F3N2O. The third kappa shape index (κ3) is 4.90. The van der Waals surface area contributed by atoms with Gasteiger partial charge < -0.3 is 11.1 Å². The van der Waals surface area contributed by atoms with Crippen molar-refractivity contribution >= 4 is 11.6 Å². The van der Waals surface area contributed by atoms with E-state index >= 15 is 0 Å². The van der Waals surface area contributed by atoms with Gasteiger partial charge in [-0.3, -0.25) is 4.79 Å². The summed E-state index contributed by atoms with van der Waals surface area (Å²) in [6, 6.07) is 1.17. The minimum Gasteiger partial charge on any atom is -0.330 e. The van der Waals surface area contributed by atoms with Crippen LogP contribution in [0.3, 0.4) is 0 Å². The minimum absolute atomic E-state index is 0.152. The molecule has 0 fully saturated rings. The van der Waals surface area contributed by atoms with Gasteiger partial charge in [0.25, 0.3) is 0 Å². The van der Waals surface area contributed by atoms with Gasteiger partial charge in [0.15, 0.2) is 11.6 Å². The lowest BCUT2D eigenvalue weighted by Crippen LogP contribution is -2.15. The Labute approximate surface area is 110 Å². The highest BCUT2D eigenvalue weighted by Gasteiger charge is 2.14. The van der Waals surface area contributed by atoms with Crippen molar-refractivity contribution in [2.75, 3.05) is 11.9 Å². The van der Waals surface area contributed by atoms with Gasteiger partial charge in [-0.05, 0) is 25.3 Å². The van der Waals surface area contributed by atoms with Crippen LogP contribution in [-0.4, -0.2) is 12.5 Å². The standard InChI is InChI=1S/C13H17F3N2O/c1-8(4-5-17)2-3-12(19)18-11-7-9(14)6-10(15)13(11)16/h6-8H,2-5,17H2,1H3,(H,18,19). The molecule has 1 rings (SSSR count). The summed E-state index contributed by atoms with van der Waals surface area (Å²) < 4.78 is 39.1. The van der Waals surface area contributed by atoms with Crippen molar-refractivity contribution in [1.29, 1.82) is 0 Å². The van der Waals surface area contributed by atoms with E-state index in [1.165, 1.54) is 0 Å². The average molecular weight is 274 g/mol. The van der Waals surface area contributed by atoms with E-state index in [1.807, 2.05) is 6.92 Å². The van der Waals surface area contributed by atoms with Gasteiger partial charge in [0.05, 0.1) is 5.69 Å². The van der Waals surface area contributed by atoms with Crippen LogP contribution in [0, 0.1) is 23.4 Å². The highest BCUT2D eigenvalue weighted by atomic mass is 19.2. The van der Waals surface area contributed by atoms with Crippen LogP contribution >= 0.6 is 0 Å². The van der Waals surface area contributed by atoms with Gasteiger partial charge in [-0.1, -0.05) is 6.92 Å². The van der Waals surface area contributed by atoms with Crippen molar-refractivity contribution in [3.05, 3.63) is 29.6 Å². The molecule has 106 valence electrons. The number of halogens is 3. The summed E-state index contributed by atoms with van der Waals surface area (Å²) in [4.78, 5) is 11.5. The van der Waals surface area contributed by atoms with Crippen molar-refractivity contribution in [3.63, 3.8) is 0 Å². The van der Waals surface area contributed by atoms with Gasteiger partial charge in [0.2, 0.25) is 5.91 Å². The molecule has 19 heavy (non-hydrogen) atoms. The van der Waals surface area contributed by atoms with Gasteiger partial charge in [0.1, 0.15) is 5.82 Å². The minimum atomic E-state index is -1.33. The normalized spacial score (nSPS) is 12.3. The Balaban J connectivity index is 2.58. The van der Waals surface area contributed by atoms with Crippen molar-refractivity contribution in [2.45, 2.75) is 26.2 Å². The van der Waals surface area contributed by atoms with E-state index in [9.17, 15) is 18.0 Å². The van der Waals surface area contributed by atoms with Crippen molar-refractivity contribution in [3.8, 4) is 0 Å². The molecule has 0 spiro atoms. The molecule has 1 aromatic carbocycles. The Kier molecular flexibility index (Phi) is 5.82. The van der Waals surface area contributed by atoms with Gasteiger partial charge >= 0.3 is 0 Å². The maximum Gasteiger partial charge on any atom is 0.224 e. The summed E-state index contributed by atoms with van der Waals surface area (Å²) in [7, 11) is 0. The maximum atomic E-state index is 13.3. The quantitative estimate of drug-likeness (QED) is 0.784. The van der Waals surface area contributed by atoms with Gasteiger partial charge in [-0.15, -0.1) is 0 Å². The predicted molar refractivity (Wildman–Crippen MR) is 67.0 cm³/mol. The molecule has 1 atom stereocenters. The smallest absolute Gasteiger partial charge is 0.224 e. The second-order valence-corrected chi connectivity index (χ2v) is 4.52. The Morgan fingerprint density at radius 1 is 1.32 bits per heavy atom. The predicted octanol–water partition coefficient (Wildman–Crippen LogP) is 2.81. The number of carbonyl (C=O) groups is 1. The summed E-state index contributed by atoms with van der Waals surface area (Å²) in [5.41, 5.74) is 4.90. The molecule has 0 aromatic heterocycles. The van der Waals surface area contributed by atoms with E-state index in [-0.39, 0.29) is 12.3 Å². The number of carbonyl (C=O) groups excluding carboxylic acids is 1. The molecule has 3 nitrogen and oxygen atoms in total. The van der Waals surface area contributed by atoms with E-state index in [2.05, 4.69) is 5.32 Å². The highest BCUT2D eigenvalue weighted by Crippen LogP contribution is 2.20. The molecule has 0 saturated carbocycles. The molecule has 0 aliphatic heterocycles. The number of rotatable bonds is 6. The zero-order chi connectivity index (χ0) is 14.4. The van der Waals surface area contributed by atoms with Crippen LogP contribution in [0.1, 0.15) is 26.2 Å². The van der Waals surface area contributed by atoms with Crippen LogP contribution in [-0.2, 0) is 4.79 Å². The summed E-state index contributed by atoms with van der Waals surface area (Å²) in [6.45, 7) is 2.48. The van der Waals surface area contributed by atoms with Crippen LogP contribution in [0.25, 0.3) is 0 Å². The number of hydrogen-bond acceptors (Lipinski definition) is 2. The number of hydrogen-bond donors (Lipinski definition) is 2. The third-order valence-corrected chi connectivity index (χ3v) is 2.79. The summed E-state index contributed by atoms with van der Waals surface area (Å²) in [6.07, 6.45) is 1.53. The number of benzene rings is 1. The maximum absolute atomic E-state index is 13.3. The topological polar surface area (TPSA) is 55.1 Å². The first kappa shape index (κ1) is 15.5. The van der Waals surface area contributed by atoms with Crippen LogP contribution in [0.15, 0.2) is 12.1 Å². The number of nitrogens with two attached hydrogens (primary N) is 1. The van der Waals surface area contributed by atoms with E-state index in [0.717, 1.165) is 12.5 Å². The Morgan fingerprint density at radius 3 is 2.63 bits per heavy atom. The zero-order valence-electron chi connectivity index (χ0n) is 10.7. The number of anilines is 1. The lowest BCUT2D eigenvalue weighted by atomic mass is 10.0.